The SMILES string of the molecule is COc1ccccc1/C=C1\SC(=S)N(CCC(=O)N(CCO)Cc2ccccc2)C1=O. The summed E-state index contributed by atoms with van der Waals surface area (Å²) >= 11 is 6.59. The molecule has 0 radical (unpaired) electrons. The van der Waals surface area contributed by atoms with E-state index in [0.717, 1.165) is 11.1 Å². The molecule has 1 aliphatic heterocycles. The summed E-state index contributed by atoms with van der Waals surface area (Å²) in [6, 6.07) is 17.0. The summed E-state index contributed by atoms with van der Waals surface area (Å²) in [7, 11) is 1.58. The number of hydrogen-bond acceptors (Lipinski definition) is 6. The third-order valence-electron chi connectivity index (χ3n) is 4.79. The summed E-state index contributed by atoms with van der Waals surface area (Å²) in [6.45, 7) is 0.719. The zero-order chi connectivity index (χ0) is 22.2. The molecule has 0 aromatic heterocycles. The van der Waals surface area contributed by atoms with Gasteiger partial charge in [0, 0.05) is 31.6 Å². The molecule has 0 spiro atoms. The molecular formula is C23H24N2O4S2. The van der Waals surface area contributed by atoms with Gasteiger partial charge in [-0.15, -0.1) is 0 Å². The number of thiocarbonyl (C=S) groups is 1. The van der Waals surface area contributed by atoms with Gasteiger partial charge >= 0.3 is 0 Å². The van der Waals surface area contributed by atoms with E-state index in [1.54, 1.807) is 18.1 Å². The molecule has 0 saturated carbocycles. The van der Waals surface area contributed by atoms with E-state index >= 15 is 0 Å². The molecule has 2 aromatic rings. The van der Waals surface area contributed by atoms with E-state index in [4.69, 9.17) is 17.0 Å². The zero-order valence-electron chi connectivity index (χ0n) is 17.2. The molecule has 0 atom stereocenters. The minimum Gasteiger partial charge on any atom is -0.496 e. The summed E-state index contributed by atoms with van der Waals surface area (Å²) in [4.78, 5) is 29.2. The smallest absolute Gasteiger partial charge is 0.266 e. The van der Waals surface area contributed by atoms with Crippen molar-refractivity contribution in [1.82, 2.24) is 9.80 Å². The molecular weight excluding hydrogens is 432 g/mol. The molecule has 8 heteroatoms. The number of carbonyl (C=O) groups excluding carboxylic acids is 2. The number of aliphatic hydroxyl groups is 1. The van der Waals surface area contributed by atoms with Gasteiger partial charge in [0.2, 0.25) is 5.91 Å². The van der Waals surface area contributed by atoms with Gasteiger partial charge in [0.25, 0.3) is 5.91 Å². The Morgan fingerprint density at radius 2 is 1.90 bits per heavy atom. The minimum atomic E-state index is -0.217. The van der Waals surface area contributed by atoms with Crippen LogP contribution < -0.4 is 4.74 Å². The predicted octanol–water partition coefficient (Wildman–Crippen LogP) is 3.31. The average Bonchev–Trinajstić information content (AvgIpc) is 3.05. The van der Waals surface area contributed by atoms with E-state index in [2.05, 4.69) is 0 Å². The average molecular weight is 457 g/mol. The van der Waals surface area contributed by atoms with Crippen LogP contribution in [0.25, 0.3) is 6.08 Å². The van der Waals surface area contributed by atoms with E-state index < -0.39 is 0 Å². The van der Waals surface area contributed by atoms with Crippen LogP contribution in [0.15, 0.2) is 59.5 Å². The molecule has 3 rings (SSSR count). The lowest BCUT2D eigenvalue weighted by Gasteiger charge is -2.23. The second-order valence-electron chi connectivity index (χ2n) is 6.85. The van der Waals surface area contributed by atoms with Crippen LogP contribution in [0.4, 0.5) is 0 Å². The highest BCUT2D eigenvalue weighted by Gasteiger charge is 2.32. The van der Waals surface area contributed by atoms with E-state index in [1.807, 2.05) is 54.6 Å². The van der Waals surface area contributed by atoms with Crippen molar-refractivity contribution in [2.24, 2.45) is 0 Å². The molecule has 0 bridgehead atoms. The quantitative estimate of drug-likeness (QED) is 0.461. The van der Waals surface area contributed by atoms with Crippen LogP contribution in [0.3, 0.4) is 0 Å². The van der Waals surface area contributed by atoms with Gasteiger partial charge in [0.1, 0.15) is 10.1 Å². The molecule has 0 aliphatic carbocycles. The van der Waals surface area contributed by atoms with E-state index in [0.29, 0.717) is 21.5 Å². The van der Waals surface area contributed by atoms with Gasteiger partial charge in [-0.3, -0.25) is 14.5 Å². The maximum atomic E-state index is 12.9. The molecule has 1 heterocycles. The van der Waals surface area contributed by atoms with Crippen molar-refractivity contribution in [2.75, 3.05) is 26.8 Å². The standard InChI is InChI=1S/C23H24N2O4S2/c1-29-19-10-6-5-9-18(19)15-20-22(28)25(23(30)31-20)12-11-21(27)24(13-14-26)16-17-7-3-2-4-8-17/h2-10,15,26H,11-14,16H2,1H3/b20-15-. The first-order valence-electron chi connectivity index (χ1n) is 9.84. The van der Waals surface area contributed by atoms with E-state index in [9.17, 15) is 14.7 Å². The van der Waals surface area contributed by atoms with Crippen LogP contribution in [0, 0.1) is 0 Å². The van der Waals surface area contributed by atoms with Gasteiger partial charge in [0.15, 0.2) is 0 Å². The van der Waals surface area contributed by atoms with Crippen LogP contribution in [0.5, 0.6) is 5.75 Å². The van der Waals surface area contributed by atoms with Gasteiger partial charge in [-0.1, -0.05) is 72.5 Å². The molecule has 2 amide bonds. The molecule has 162 valence electrons. The Morgan fingerprint density at radius 3 is 2.61 bits per heavy atom. The lowest BCUT2D eigenvalue weighted by Crippen LogP contribution is -2.37. The number of rotatable bonds is 9. The number of thioether (sulfide) groups is 1. The van der Waals surface area contributed by atoms with Crippen LogP contribution in [-0.2, 0) is 16.1 Å². The Morgan fingerprint density at radius 1 is 1.19 bits per heavy atom. The molecule has 0 unspecified atom stereocenters. The van der Waals surface area contributed by atoms with Crippen LogP contribution in [0.2, 0.25) is 0 Å². The van der Waals surface area contributed by atoms with Crippen molar-refractivity contribution in [3.8, 4) is 5.75 Å². The number of carbonyl (C=O) groups is 2. The highest BCUT2D eigenvalue weighted by atomic mass is 32.2. The predicted molar refractivity (Wildman–Crippen MR) is 126 cm³/mol. The summed E-state index contributed by atoms with van der Waals surface area (Å²) in [6.07, 6.45) is 1.88. The Labute approximate surface area is 191 Å². The molecule has 31 heavy (non-hydrogen) atoms. The highest BCUT2D eigenvalue weighted by Crippen LogP contribution is 2.34. The number of amides is 2. The molecule has 1 N–H and O–H groups in total. The number of benzene rings is 2. The second-order valence-corrected chi connectivity index (χ2v) is 8.53. The zero-order valence-corrected chi connectivity index (χ0v) is 18.8. The number of hydrogen-bond donors (Lipinski definition) is 1. The van der Waals surface area contributed by atoms with Crippen LogP contribution in [0.1, 0.15) is 17.5 Å². The Bertz CT molecular complexity index is 979. The third kappa shape index (κ3) is 5.94. The molecule has 1 aliphatic rings. The van der Waals surface area contributed by atoms with Crippen LogP contribution in [-0.4, -0.2) is 57.8 Å². The van der Waals surface area contributed by atoms with Crippen molar-refractivity contribution >= 4 is 46.2 Å². The van der Waals surface area contributed by atoms with Gasteiger partial charge < -0.3 is 14.7 Å². The largest absolute Gasteiger partial charge is 0.496 e. The lowest BCUT2D eigenvalue weighted by molar-refractivity contribution is -0.132. The monoisotopic (exact) mass is 456 g/mol. The van der Waals surface area contributed by atoms with Crippen molar-refractivity contribution < 1.29 is 19.4 Å². The fraction of sp³-hybridized carbons (Fsp3) is 0.261. The Kier molecular flexibility index (Phi) is 8.22. The normalized spacial score (nSPS) is 14.9. The van der Waals surface area contributed by atoms with Crippen molar-refractivity contribution in [1.29, 1.82) is 0 Å². The summed E-state index contributed by atoms with van der Waals surface area (Å²) in [5, 5.41) is 9.34. The van der Waals surface area contributed by atoms with Crippen molar-refractivity contribution in [3.05, 3.63) is 70.6 Å². The maximum Gasteiger partial charge on any atom is 0.266 e. The fourth-order valence-electron chi connectivity index (χ4n) is 3.20. The summed E-state index contributed by atoms with van der Waals surface area (Å²) in [5.41, 5.74) is 1.77. The lowest BCUT2D eigenvalue weighted by atomic mass is 10.2. The van der Waals surface area contributed by atoms with Gasteiger partial charge in [-0.2, -0.15) is 0 Å². The van der Waals surface area contributed by atoms with Crippen molar-refractivity contribution in [2.45, 2.75) is 13.0 Å². The molecule has 6 nitrogen and oxygen atoms in total. The van der Waals surface area contributed by atoms with Gasteiger partial charge in [0.05, 0.1) is 18.6 Å². The summed E-state index contributed by atoms with van der Waals surface area (Å²) in [5.74, 6) is 0.314. The van der Waals surface area contributed by atoms with Crippen LogP contribution >= 0.6 is 24.0 Å². The third-order valence-corrected chi connectivity index (χ3v) is 6.17. The topological polar surface area (TPSA) is 70.1 Å². The number of nitrogens with zero attached hydrogens (tertiary/aromatic N) is 2. The second kappa shape index (κ2) is 11.1. The first-order valence-corrected chi connectivity index (χ1v) is 11.1. The van der Waals surface area contributed by atoms with E-state index in [-0.39, 0.29) is 37.9 Å². The fourth-order valence-corrected chi connectivity index (χ4v) is 4.50. The molecule has 1 saturated heterocycles. The number of ether oxygens (including phenoxy) is 1. The number of para-hydroxylation sites is 1. The molecule has 1 fully saturated rings. The van der Waals surface area contributed by atoms with E-state index in [1.165, 1.54) is 16.7 Å². The Balaban J connectivity index is 1.65. The first-order chi connectivity index (χ1) is 15.0. The van der Waals surface area contributed by atoms with Gasteiger partial charge in [-0.25, -0.2) is 0 Å². The number of methoxy groups -OCH3 is 1. The highest BCUT2D eigenvalue weighted by molar-refractivity contribution is 8.26. The first kappa shape index (κ1) is 23.0. The number of aliphatic hydroxyl groups excluding tert-OH is 1. The molecule has 2 aromatic carbocycles. The Hall–Kier alpha value is -2.68. The minimum absolute atomic E-state index is 0.124. The maximum absolute atomic E-state index is 12.9. The summed E-state index contributed by atoms with van der Waals surface area (Å²) < 4.78 is 5.77. The van der Waals surface area contributed by atoms with Gasteiger partial charge in [-0.05, 0) is 17.7 Å². The van der Waals surface area contributed by atoms with Crippen molar-refractivity contribution in [3.63, 3.8) is 0 Å².